The van der Waals surface area contributed by atoms with Crippen LogP contribution in [-0.2, 0) is 22.6 Å². The fourth-order valence-corrected chi connectivity index (χ4v) is 4.41. The lowest BCUT2D eigenvalue weighted by atomic mass is 9.87. The lowest BCUT2D eigenvalue weighted by molar-refractivity contribution is -0.130. The summed E-state index contributed by atoms with van der Waals surface area (Å²) in [6.45, 7) is 1.12. The van der Waals surface area contributed by atoms with Crippen molar-refractivity contribution >= 4 is 11.8 Å². The Morgan fingerprint density at radius 2 is 1.79 bits per heavy atom. The van der Waals surface area contributed by atoms with Crippen molar-refractivity contribution < 1.29 is 19.1 Å². The average molecular weight is 460 g/mol. The Bertz CT molecular complexity index is 1120. The van der Waals surface area contributed by atoms with Crippen molar-refractivity contribution in [1.82, 2.24) is 15.2 Å². The van der Waals surface area contributed by atoms with Crippen molar-refractivity contribution in [1.29, 1.82) is 0 Å². The fourth-order valence-electron chi connectivity index (χ4n) is 4.41. The molecule has 4 rings (SSSR count). The number of hydrogen-bond donors (Lipinski definition) is 1. The summed E-state index contributed by atoms with van der Waals surface area (Å²) in [6.07, 6.45) is 2.00. The summed E-state index contributed by atoms with van der Waals surface area (Å²) in [6, 6.07) is 20.8. The van der Waals surface area contributed by atoms with Crippen molar-refractivity contribution in [2.24, 2.45) is 5.92 Å². The van der Waals surface area contributed by atoms with Crippen molar-refractivity contribution in [2.45, 2.75) is 18.9 Å². The number of ether oxygens (including phenoxy) is 2. The smallest absolute Gasteiger partial charge is 0.227 e. The summed E-state index contributed by atoms with van der Waals surface area (Å²) in [5, 5.41) is 3.00. The molecule has 1 aromatic heterocycles. The van der Waals surface area contributed by atoms with Gasteiger partial charge in [-0.25, -0.2) is 0 Å². The molecule has 1 saturated heterocycles. The van der Waals surface area contributed by atoms with Crippen LogP contribution in [0.15, 0.2) is 72.9 Å². The van der Waals surface area contributed by atoms with Gasteiger partial charge in [0.05, 0.1) is 38.8 Å². The first-order valence-corrected chi connectivity index (χ1v) is 11.3. The van der Waals surface area contributed by atoms with Crippen molar-refractivity contribution in [3.63, 3.8) is 0 Å². The lowest BCUT2D eigenvalue weighted by Gasteiger charge is -2.21. The Morgan fingerprint density at radius 1 is 1.00 bits per heavy atom. The Hall–Kier alpha value is -3.87. The van der Waals surface area contributed by atoms with Crippen LogP contribution in [0.2, 0.25) is 0 Å². The third kappa shape index (κ3) is 5.36. The van der Waals surface area contributed by atoms with Gasteiger partial charge in [-0.15, -0.1) is 0 Å². The van der Waals surface area contributed by atoms with Gasteiger partial charge in [0.2, 0.25) is 11.8 Å². The largest absolute Gasteiger partial charge is 0.497 e. The van der Waals surface area contributed by atoms with Crippen LogP contribution in [0, 0.1) is 5.92 Å². The highest BCUT2D eigenvalue weighted by atomic mass is 16.5. The van der Waals surface area contributed by atoms with Crippen LogP contribution in [0.5, 0.6) is 11.5 Å². The van der Waals surface area contributed by atoms with E-state index in [1.165, 1.54) is 0 Å². The third-order valence-electron chi connectivity index (χ3n) is 6.22. The monoisotopic (exact) mass is 459 g/mol. The molecule has 1 aliphatic rings. The zero-order valence-corrected chi connectivity index (χ0v) is 19.4. The number of rotatable bonds is 8. The molecule has 3 aromatic rings. The van der Waals surface area contributed by atoms with Crippen molar-refractivity contribution in [3.05, 3.63) is 89.7 Å². The van der Waals surface area contributed by atoms with Gasteiger partial charge in [-0.2, -0.15) is 0 Å². The molecule has 0 bridgehead atoms. The summed E-state index contributed by atoms with van der Waals surface area (Å²) in [5.74, 6) is 0.596. The normalized spacial score (nSPS) is 17.3. The number of likely N-dealkylation sites (tertiary alicyclic amines) is 1. The molecule has 0 unspecified atom stereocenters. The minimum absolute atomic E-state index is 0.00343. The summed E-state index contributed by atoms with van der Waals surface area (Å²) in [4.78, 5) is 32.5. The molecule has 2 atom stereocenters. The SMILES string of the molecule is COc1ccc([C@@H]2CN(C(=O)Cc3ccccc3)C[C@H]2C(=O)NCc2ccccn2)c(OC)c1. The summed E-state index contributed by atoms with van der Waals surface area (Å²) >= 11 is 0. The highest BCUT2D eigenvalue weighted by Crippen LogP contribution is 2.39. The first-order valence-electron chi connectivity index (χ1n) is 11.3. The van der Waals surface area contributed by atoms with Crippen molar-refractivity contribution in [3.8, 4) is 11.5 Å². The molecule has 7 heteroatoms. The van der Waals surface area contributed by atoms with Crippen LogP contribution in [0.25, 0.3) is 0 Å². The van der Waals surface area contributed by atoms with E-state index in [0.29, 0.717) is 37.6 Å². The Morgan fingerprint density at radius 3 is 2.50 bits per heavy atom. The van der Waals surface area contributed by atoms with Gasteiger partial charge in [-0.1, -0.05) is 42.5 Å². The molecule has 1 fully saturated rings. The van der Waals surface area contributed by atoms with Crippen molar-refractivity contribution in [2.75, 3.05) is 27.3 Å². The molecule has 2 aromatic carbocycles. The second-order valence-corrected chi connectivity index (χ2v) is 8.32. The van der Waals surface area contributed by atoms with E-state index in [1.54, 1.807) is 25.3 Å². The summed E-state index contributed by atoms with van der Waals surface area (Å²) in [7, 11) is 3.20. The van der Waals surface area contributed by atoms with Gasteiger partial charge in [-0.05, 0) is 23.8 Å². The maximum Gasteiger partial charge on any atom is 0.227 e. The van der Waals surface area contributed by atoms with E-state index in [1.807, 2.05) is 66.7 Å². The van der Waals surface area contributed by atoms with Gasteiger partial charge in [0.15, 0.2) is 0 Å². The third-order valence-corrected chi connectivity index (χ3v) is 6.22. The molecule has 2 heterocycles. The second-order valence-electron chi connectivity index (χ2n) is 8.32. The van der Waals surface area contributed by atoms with Crippen LogP contribution >= 0.6 is 0 Å². The van der Waals surface area contributed by atoms with Gasteiger partial charge in [0, 0.05) is 36.8 Å². The van der Waals surface area contributed by atoms with Gasteiger partial charge in [-0.3, -0.25) is 14.6 Å². The molecule has 0 radical (unpaired) electrons. The number of carbonyl (C=O) groups excluding carboxylic acids is 2. The number of amides is 2. The van der Waals surface area contributed by atoms with Crippen LogP contribution in [0.1, 0.15) is 22.7 Å². The molecule has 2 amide bonds. The molecule has 7 nitrogen and oxygen atoms in total. The van der Waals surface area contributed by atoms with Crippen LogP contribution in [0.3, 0.4) is 0 Å². The zero-order valence-electron chi connectivity index (χ0n) is 19.4. The van der Waals surface area contributed by atoms with E-state index >= 15 is 0 Å². The number of methoxy groups -OCH3 is 2. The highest BCUT2D eigenvalue weighted by molar-refractivity contribution is 5.84. The van der Waals surface area contributed by atoms with Crippen LogP contribution in [-0.4, -0.2) is 49.0 Å². The topological polar surface area (TPSA) is 80.8 Å². The van der Waals surface area contributed by atoms with E-state index in [4.69, 9.17) is 9.47 Å². The standard InChI is InChI=1S/C27H29N3O4/c1-33-21-11-12-22(25(15-21)34-2)23-17-30(26(31)14-19-8-4-3-5-9-19)18-24(23)27(32)29-16-20-10-6-7-13-28-20/h3-13,15,23-24H,14,16-18H2,1-2H3,(H,29,32)/t23-,24+/m0/s1. The quantitative estimate of drug-likeness (QED) is 0.560. The van der Waals surface area contributed by atoms with E-state index in [9.17, 15) is 9.59 Å². The van der Waals surface area contributed by atoms with E-state index in [2.05, 4.69) is 10.3 Å². The van der Waals surface area contributed by atoms with Gasteiger partial charge >= 0.3 is 0 Å². The molecule has 0 spiro atoms. The van der Waals surface area contributed by atoms with Gasteiger partial charge in [0.25, 0.3) is 0 Å². The predicted octanol–water partition coefficient (Wildman–Crippen LogP) is 3.20. The minimum atomic E-state index is -0.411. The van der Waals surface area contributed by atoms with E-state index in [0.717, 1.165) is 16.8 Å². The van der Waals surface area contributed by atoms with E-state index < -0.39 is 5.92 Å². The Balaban J connectivity index is 1.56. The Labute approximate surface area is 199 Å². The maximum atomic E-state index is 13.3. The molecule has 176 valence electrons. The number of carbonyl (C=O) groups is 2. The zero-order chi connectivity index (χ0) is 23.9. The highest BCUT2D eigenvalue weighted by Gasteiger charge is 2.41. The molecular weight excluding hydrogens is 430 g/mol. The number of aromatic nitrogens is 1. The molecule has 1 N–H and O–H groups in total. The minimum Gasteiger partial charge on any atom is -0.497 e. The van der Waals surface area contributed by atoms with Crippen LogP contribution in [0.4, 0.5) is 0 Å². The average Bonchev–Trinajstić information content (AvgIpc) is 3.33. The summed E-state index contributed by atoms with van der Waals surface area (Å²) in [5.41, 5.74) is 2.62. The first kappa shape index (κ1) is 23.3. The van der Waals surface area contributed by atoms with Gasteiger partial charge in [0.1, 0.15) is 11.5 Å². The number of nitrogens with one attached hydrogen (secondary N) is 1. The van der Waals surface area contributed by atoms with E-state index in [-0.39, 0.29) is 17.7 Å². The first-order chi connectivity index (χ1) is 16.6. The summed E-state index contributed by atoms with van der Waals surface area (Å²) < 4.78 is 11.0. The lowest BCUT2D eigenvalue weighted by Crippen LogP contribution is -2.35. The maximum absolute atomic E-state index is 13.3. The number of pyridine rings is 1. The molecule has 1 aliphatic heterocycles. The Kier molecular flexibility index (Phi) is 7.42. The number of benzene rings is 2. The molecular formula is C27H29N3O4. The molecule has 34 heavy (non-hydrogen) atoms. The second kappa shape index (κ2) is 10.8. The molecule has 0 saturated carbocycles. The number of hydrogen-bond acceptors (Lipinski definition) is 5. The van der Waals surface area contributed by atoms with Crippen LogP contribution < -0.4 is 14.8 Å². The molecule has 0 aliphatic carbocycles. The fraction of sp³-hybridized carbons (Fsp3) is 0.296. The number of nitrogens with zero attached hydrogens (tertiary/aromatic N) is 2. The van der Waals surface area contributed by atoms with Gasteiger partial charge < -0.3 is 19.7 Å². The predicted molar refractivity (Wildman–Crippen MR) is 129 cm³/mol.